The molecular formula is C38H52N2O4. The van der Waals surface area contributed by atoms with Crippen LogP contribution in [0.1, 0.15) is 102 Å². The molecule has 5 rings (SSSR count). The molecule has 6 heteroatoms. The van der Waals surface area contributed by atoms with Gasteiger partial charge in [-0.15, -0.1) is 0 Å². The van der Waals surface area contributed by atoms with E-state index in [1.807, 2.05) is 52.8 Å². The Labute approximate surface area is 264 Å². The van der Waals surface area contributed by atoms with E-state index in [2.05, 4.69) is 61.4 Å². The quantitative estimate of drug-likeness (QED) is 0.286. The van der Waals surface area contributed by atoms with Gasteiger partial charge in [-0.05, 0) is 130 Å². The Bertz CT molecular complexity index is 1380. The molecule has 0 aliphatic heterocycles. The van der Waals surface area contributed by atoms with Crippen LogP contribution >= 0.6 is 0 Å². The summed E-state index contributed by atoms with van der Waals surface area (Å²) < 4.78 is 11.6. The summed E-state index contributed by atoms with van der Waals surface area (Å²) in [5.41, 5.74) is 4.35. The molecule has 0 heterocycles. The van der Waals surface area contributed by atoms with Crippen LogP contribution in [0.5, 0.6) is 0 Å². The van der Waals surface area contributed by atoms with Gasteiger partial charge in [0.05, 0.1) is 24.3 Å². The number of carbonyl (C=O) groups excluding carboxylic acids is 2. The molecule has 2 aromatic rings. The molecule has 2 bridgehead atoms. The van der Waals surface area contributed by atoms with Crippen LogP contribution < -0.4 is 10.6 Å². The molecule has 0 radical (unpaired) electrons. The summed E-state index contributed by atoms with van der Waals surface area (Å²) in [4.78, 5) is 25.7. The van der Waals surface area contributed by atoms with Crippen molar-refractivity contribution in [2.24, 2.45) is 35.5 Å². The second-order valence-electron chi connectivity index (χ2n) is 15.2. The van der Waals surface area contributed by atoms with Gasteiger partial charge >= 0.3 is 12.2 Å². The number of hydrogen-bond donors (Lipinski definition) is 2. The minimum atomic E-state index is -0.555. The molecule has 2 N–H and O–H groups in total. The van der Waals surface area contributed by atoms with E-state index in [-0.39, 0.29) is 12.2 Å². The van der Waals surface area contributed by atoms with Gasteiger partial charge in [0.15, 0.2) is 0 Å². The number of ether oxygens (including phenoxy) is 2. The Balaban J connectivity index is 1.08. The van der Waals surface area contributed by atoms with Gasteiger partial charge in [-0.25, -0.2) is 9.59 Å². The van der Waals surface area contributed by atoms with Crippen molar-refractivity contribution in [2.75, 3.05) is 13.2 Å². The van der Waals surface area contributed by atoms with Crippen LogP contribution in [0.3, 0.4) is 0 Å². The molecule has 0 aromatic heterocycles. The third kappa shape index (κ3) is 7.00. The normalized spacial score (nSPS) is 25.9. The second-order valence-corrected chi connectivity index (χ2v) is 15.2. The first-order valence-corrected chi connectivity index (χ1v) is 16.5. The Morgan fingerprint density at radius 3 is 2.05 bits per heavy atom. The van der Waals surface area contributed by atoms with Crippen LogP contribution in [0.15, 0.2) is 55.1 Å². The van der Waals surface area contributed by atoms with Crippen molar-refractivity contribution < 1.29 is 19.1 Å². The highest BCUT2D eigenvalue weighted by atomic mass is 16.6. The molecule has 44 heavy (non-hydrogen) atoms. The number of fused-ring (bicyclic) bond motifs is 5. The summed E-state index contributed by atoms with van der Waals surface area (Å²) in [6.07, 6.45) is 3.87. The zero-order chi connectivity index (χ0) is 31.8. The largest absolute Gasteiger partial charge is 0.449 e. The molecule has 3 aliphatic carbocycles. The maximum atomic E-state index is 12.9. The van der Waals surface area contributed by atoms with Gasteiger partial charge in [0.2, 0.25) is 0 Å². The van der Waals surface area contributed by atoms with Crippen LogP contribution in [0.2, 0.25) is 0 Å². The molecule has 2 amide bonds. The fourth-order valence-corrected chi connectivity index (χ4v) is 8.22. The van der Waals surface area contributed by atoms with Crippen LogP contribution in [0.25, 0.3) is 5.57 Å². The van der Waals surface area contributed by atoms with Crippen molar-refractivity contribution in [1.29, 1.82) is 0 Å². The summed E-state index contributed by atoms with van der Waals surface area (Å²) >= 11 is 0. The summed E-state index contributed by atoms with van der Waals surface area (Å²) in [5.74, 6) is 3.86. The lowest BCUT2D eigenvalue weighted by molar-refractivity contribution is 0.0819. The molecule has 6 unspecified atom stereocenters. The average Bonchev–Trinajstić information content (AvgIpc) is 3.67. The standard InChI is InChI=1S/C38H52N2O4/c1-23(2)26-11-9-13-30(18-26)37(5,6)39-35(41)43-21-25-15-32-28-17-29(33(20-28)34(32)16-25)22-44-36(42)40-38(7,8)31-14-10-12-27(19-31)24(3)4/h9-14,18-19,24-25,28-29,32-34H,1,15-17,20-22H2,2-8H3,(H,39,41)(H,40,42). The Hall–Kier alpha value is -3.28. The van der Waals surface area contributed by atoms with Crippen molar-refractivity contribution in [1.82, 2.24) is 10.6 Å². The third-order valence-corrected chi connectivity index (χ3v) is 10.8. The zero-order valence-electron chi connectivity index (χ0n) is 27.7. The lowest BCUT2D eigenvalue weighted by Gasteiger charge is -2.32. The van der Waals surface area contributed by atoms with Crippen LogP contribution in [-0.2, 0) is 20.6 Å². The van der Waals surface area contributed by atoms with Gasteiger partial charge in [0.25, 0.3) is 0 Å². The summed E-state index contributed by atoms with van der Waals surface area (Å²) in [6, 6.07) is 16.6. The maximum absolute atomic E-state index is 12.9. The average molecular weight is 601 g/mol. The first-order valence-electron chi connectivity index (χ1n) is 16.5. The molecule has 6 nitrogen and oxygen atoms in total. The Kier molecular flexibility index (Phi) is 9.21. The van der Waals surface area contributed by atoms with Crippen LogP contribution in [-0.4, -0.2) is 25.4 Å². The zero-order valence-corrected chi connectivity index (χ0v) is 27.7. The predicted molar refractivity (Wildman–Crippen MR) is 176 cm³/mol. The highest BCUT2D eigenvalue weighted by Gasteiger charge is 2.56. The minimum absolute atomic E-state index is 0.345. The number of amides is 2. The van der Waals surface area contributed by atoms with Gasteiger partial charge in [-0.3, -0.25) is 0 Å². The molecule has 3 fully saturated rings. The lowest BCUT2D eigenvalue weighted by Crippen LogP contribution is -2.42. The van der Waals surface area contributed by atoms with Crippen molar-refractivity contribution in [3.05, 3.63) is 77.4 Å². The van der Waals surface area contributed by atoms with Gasteiger partial charge in [-0.2, -0.15) is 0 Å². The number of rotatable bonds is 10. The Morgan fingerprint density at radius 1 is 0.818 bits per heavy atom. The number of hydrogen-bond acceptors (Lipinski definition) is 4. The molecule has 3 aliphatic rings. The van der Waals surface area contributed by atoms with Gasteiger partial charge < -0.3 is 20.1 Å². The number of nitrogens with one attached hydrogen (secondary N) is 2. The van der Waals surface area contributed by atoms with E-state index in [1.54, 1.807) is 0 Å². The molecular weight excluding hydrogens is 548 g/mol. The Morgan fingerprint density at radius 2 is 1.41 bits per heavy atom. The molecule has 3 saturated carbocycles. The first kappa shape index (κ1) is 32.1. The fourth-order valence-electron chi connectivity index (χ4n) is 8.22. The van der Waals surface area contributed by atoms with Crippen molar-refractivity contribution >= 4 is 17.8 Å². The van der Waals surface area contributed by atoms with E-state index in [0.29, 0.717) is 54.6 Å². The van der Waals surface area contributed by atoms with Crippen molar-refractivity contribution in [3.8, 4) is 0 Å². The molecule has 0 spiro atoms. The van der Waals surface area contributed by atoms with E-state index < -0.39 is 11.1 Å². The van der Waals surface area contributed by atoms with Crippen molar-refractivity contribution in [2.45, 2.75) is 91.1 Å². The summed E-state index contributed by atoms with van der Waals surface area (Å²) in [6.45, 7) is 19.4. The number of alkyl carbamates (subject to hydrolysis) is 2. The van der Waals surface area contributed by atoms with E-state index in [1.165, 1.54) is 12.0 Å². The van der Waals surface area contributed by atoms with E-state index in [4.69, 9.17) is 9.47 Å². The number of allylic oxidation sites excluding steroid dienone is 1. The molecule has 238 valence electrons. The monoisotopic (exact) mass is 600 g/mol. The fraction of sp³-hybridized carbons (Fsp3) is 0.579. The summed E-state index contributed by atoms with van der Waals surface area (Å²) in [7, 11) is 0. The topological polar surface area (TPSA) is 76.7 Å². The summed E-state index contributed by atoms with van der Waals surface area (Å²) in [5, 5.41) is 6.17. The van der Waals surface area contributed by atoms with E-state index >= 15 is 0 Å². The van der Waals surface area contributed by atoms with E-state index in [0.717, 1.165) is 41.5 Å². The molecule has 6 atom stereocenters. The van der Waals surface area contributed by atoms with E-state index in [9.17, 15) is 9.59 Å². The van der Waals surface area contributed by atoms with Crippen LogP contribution in [0, 0.1) is 35.5 Å². The third-order valence-electron chi connectivity index (χ3n) is 10.8. The van der Waals surface area contributed by atoms with Gasteiger partial charge in [0.1, 0.15) is 0 Å². The number of benzene rings is 2. The SMILES string of the molecule is C=C(C)c1cccc(C(C)(C)NC(=O)OCC2CC3C4CC(COC(=O)NC(C)(C)c5cccc(C(C)C)c5)C(C4)C3C2)c1. The highest BCUT2D eigenvalue weighted by Crippen LogP contribution is 2.62. The van der Waals surface area contributed by atoms with Crippen molar-refractivity contribution in [3.63, 3.8) is 0 Å². The minimum Gasteiger partial charge on any atom is -0.449 e. The highest BCUT2D eigenvalue weighted by molar-refractivity contribution is 5.69. The lowest BCUT2D eigenvalue weighted by atomic mass is 9.76. The number of carbonyl (C=O) groups is 2. The maximum Gasteiger partial charge on any atom is 0.407 e. The van der Waals surface area contributed by atoms with Gasteiger partial charge in [-0.1, -0.05) is 68.5 Å². The smallest absolute Gasteiger partial charge is 0.407 e. The molecule has 2 aromatic carbocycles. The second kappa shape index (κ2) is 12.6. The van der Waals surface area contributed by atoms with Gasteiger partial charge in [0, 0.05) is 0 Å². The molecule has 0 saturated heterocycles. The predicted octanol–water partition coefficient (Wildman–Crippen LogP) is 8.76. The van der Waals surface area contributed by atoms with Crippen LogP contribution in [0.4, 0.5) is 9.59 Å². The first-order chi connectivity index (χ1) is 20.7.